The molecule has 0 amide bonds. The van der Waals surface area contributed by atoms with Gasteiger partial charge in [0.2, 0.25) is 5.69 Å². The number of ether oxygens (including phenoxy) is 1. The molecule has 0 unspecified atom stereocenters. The lowest BCUT2D eigenvalue weighted by Crippen LogP contribution is -2.05. The molecule has 8 nitrogen and oxygen atoms in total. The van der Waals surface area contributed by atoms with Crippen LogP contribution in [0.1, 0.15) is 16.1 Å². The van der Waals surface area contributed by atoms with Crippen LogP contribution < -0.4 is 4.74 Å². The maximum Gasteiger partial charge on any atom is 0.363 e. The highest BCUT2D eigenvalue weighted by Gasteiger charge is 2.25. The van der Waals surface area contributed by atoms with E-state index in [9.17, 15) is 14.9 Å². The number of rotatable bonds is 5. The first-order chi connectivity index (χ1) is 9.92. The first kappa shape index (κ1) is 14.8. The van der Waals surface area contributed by atoms with Gasteiger partial charge in [-0.2, -0.15) is 5.10 Å². The van der Waals surface area contributed by atoms with Crippen molar-refractivity contribution in [2.75, 3.05) is 7.11 Å². The summed E-state index contributed by atoms with van der Waals surface area (Å²) in [5.41, 5.74) is -0.552. The smallest absolute Gasteiger partial charge is 0.363 e. The Morgan fingerprint density at radius 2 is 2.29 bits per heavy atom. The van der Waals surface area contributed by atoms with Crippen molar-refractivity contribution in [3.05, 3.63) is 50.8 Å². The number of nitro groups is 1. The van der Waals surface area contributed by atoms with E-state index >= 15 is 0 Å². The molecule has 2 rings (SSSR count). The summed E-state index contributed by atoms with van der Waals surface area (Å²) < 4.78 is 6.32. The summed E-state index contributed by atoms with van der Waals surface area (Å²) in [6.45, 7) is 0.0951. The van der Waals surface area contributed by atoms with Gasteiger partial charge in [-0.05, 0) is 18.2 Å². The summed E-state index contributed by atoms with van der Waals surface area (Å²) in [7, 11) is 1.47. The first-order valence-electron chi connectivity index (χ1n) is 5.70. The monoisotopic (exact) mass is 311 g/mol. The zero-order valence-electron chi connectivity index (χ0n) is 10.8. The summed E-state index contributed by atoms with van der Waals surface area (Å²) in [5, 5.41) is 23.9. The maximum absolute atomic E-state index is 10.9. The highest BCUT2D eigenvalue weighted by Crippen LogP contribution is 2.24. The molecule has 110 valence electrons. The normalized spacial score (nSPS) is 10.4. The third-order valence-electron chi connectivity index (χ3n) is 2.72. The molecule has 9 heteroatoms. The Labute approximate surface area is 123 Å². The minimum Gasteiger partial charge on any atom is -0.496 e. The number of halogens is 1. The van der Waals surface area contributed by atoms with E-state index < -0.39 is 22.3 Å². The topological polar surface area (TPSA) is 107 Å². The molecular weight excluding hydrogens is 302 g/mol. The molecule has 0 aliphatic heterocycles. The zero-order chi connectivity index (χ0) is 15.6. The molecule has 0 aliphatic rings. The number of aromatic nitrogens is 2. The number of nitrogens with zero attached hydrogens (tertiary/aromatic N) is 3. The Balaban J connectivity index is 2.40. The Kier molecular flexibility index (Phi) is 4.08. The number of benzene rings is 1. The van der Waals surface area contributed by atoms with Gasteiger partial charge in [0.15, 0.2) is 0 Å². The number of aromatic carboxylic acids is 1. The minimum absolute atomic E-state index is 0.0951. The lowest BCUT2D eigenvalue weighted by molar-refractivity contribution is -0.385. The van der Waals surface area contributed by atoms with E-state index in [0.717, 1.165) is 10.9 Å². The van der Waals surface area contributed by atoms with E-state index in [-0.39, 0.29) is 6.54 Å². The van der Waals surface area contributed by atoms with E-state index in [1.165, 1.54) is 7.11 Å². The maximum atomic E-state index is 10.9. The van der Waals surface area contributed by atoms with Gasteiger partial charge in [-0.25, -0.2) is 4.79 Å². The second-order valence-electron chi connectivity index (χ2n) is 4.08. The van der Waals surface area contributed by atoms with Crippen LogP contribution in [0.25, 0.3) is 0 Å². The Morgan fingerprint density at radius 1 is 1.57 bits per heavy atom. The fraction of sp³-hybridized carbons (Fsp3) is 0.167. The van der Waals surface area contributed by atoms with Gasteiger partial charge < -0.3 is 9.84 Å². The lowest BCUT2D eigenvalue weighted by atomic mass is 10.2. The number of carbonyl (C=O) groups is 1. The summed E-state index contributed by atoms with van der Waals surface area (Å²) in [4.78, 5) is 21.0. The number of carboxylic acids is 1. The fourth-order valence-corrected chi connectivity index (χ4v) is 2.02. The highest BCUT2D eigenvalue weighted by atomic mass is 35.5. The quantitative estimate of drug-likeness (QED) is 0.670. The minimum atomic E-state index is -1.46. The first-order valence-corrected chi connectivity index (χ1v) is 6.07. The molecule has 2 aromatic rings. The fourth-order valence-electron chi connectivity index (χ4n) is 1.82. The van der Waals surface area contributed by atoms with Crippen LogP contribution >= 0.6 is 11.6 Å². The molecule has 0 atom stereocenters. The molecule has 0 saturated heterocycles. The van der Waals surface area contributed by atoms with Crippen molar-refractivity contribution in [2.45, 2.75) is 6.54 Å². The van der Waals surface area contributed by atoms with Crippen molar-refractivity contribution >= 4 is 23.3 Å². The zero-order valence-corrected chi connectivity index (χ0v) is 11.6. The van der Waals surface area contributed by atoms with Gasteiger partial charge in [-0.1, -0.05) is 11.6 Å². The van der Waals surface area contributed by atoms with Crippen molar-refractivity contribution < 1.29 is 19.6 Å². The summed E-state index contributed by atoms with van der Waals surface area (Å²) in [5.74, 6) is -0.937. The van der Waals surface area contributed by atoms with Crippen LogP contribution in [-0.2, 0) is 6.54 Å². The third-order valence-corrected chi connectivity index (χ3v) is 2.95. The summed E-state index contributed by atoms with van der Waals surface area (Å²) >= 11 is 5.89. The predicted molar refractivity (Wildman–Crippen MR) is 72.9 cm³/mol. The molecule has 1 aromatic heterocycles. The molecule has 21 heavy (non-hydrogen) atoms. The van der Waals surface area contributed by atoms with Gasteiger partial charge in [-0.3, -0.25) is 14.8 Å². The second kappa shape index (κ2) is 5.80. The Bertz CT molecular complexity index is 681. The molecule has 0 radical (unpaired) electrons. The van der Waals surface area contributed by atoms with Gasteiger partial charge in [-0.15, -0.1) is 0 Å². The standard InChI is InChI=1S/C12H10ClN3O5/c1-21-10-3-2-8(13)4-7(10)5-15-6-9(16(19)20)11(14-15)12(17)18/h2-4,6H,5H2,1H3,(H,17,18). The number of carboxylic acid groups (broad SMARTS) is 1. The van der Waals surface area contributed by atoms with Crippen molar-refractivity contribution in [3.63, 3.8) is 0 Å². The Hall–Kier alpha value is -2.61. The van der Waals surface area contributed by atoms with Gasteiger partial charge in [0.05, 0.1) is 18.6 Å². The van der Waals surface area contributed by atoms with E-state index in [1.54, 1.807) is 18.2 Å². The van der Waals surface area contributed by atoms with Gasteiger partial charge in [0.1, 0.15) is 11.9 Å². The van der Waals surface area contributed by atoms with E-state index in [0.29, 0.717) is 16.3 Å². The van der Waals surface area contributed by atoms with E-state index in [1.807, 2.05) is 0 Å². The van der Waals surface area contributed by atoms with Crippen LogP contribution in [0.4, 0.5) is 5.69 Å². The number of methoxy groups -OCH3 is 1. The average molecular weight is 312 g/mol. The van der Waals surface area contributed by atoms with Crippen LogP contribution in [0.3, 0.4) is 0 Å². The number of hydrogen-bond acceptors (Lipinski definition) is 5. The van der Waals surface area contributed by atoms with Gasteiger partial charge >= 0.3 is 11.7 Å². The second-order valence-corrected chi connectivity index (χ2v) is 4.52. The molecule has 0 aliphatic carbocycles. The van der Waals surface area contributed by atoms with Crippen LogP contribution in [0.2, 0.25) is 5.02 Å². The summed E-state index contributed by atoms with van der Waals surface area (Å²) in [6.07, 6.45) is 1.06. The Morgan fingerprint density at radius 3 is 2.81 bits per heavy atom. The molecule has 0 spiro atoms. The van der Waals surface area contributed by atoms with Gasteiger partial charge in [0.25, 0.3) is 0 Å². The number of hydrogen-bond donors (Lipinski definition) is 1. The molecule has 1 N–H and O–H groups in total. The van der Waals surface area contributed by atoms with Crippen LogP contribution in [0.15, 0.2) is 24.4 Å². The van der Waals surface area contributed by atoms with Crippen LogP contribution in [0, 0.1) is 10.1 Å². The molecular formula is C12H10ClN3O5. The summed E-state index contributed by atoms with van der Waals surface area (Å²) in [6, 6.07) is 4.90. The van der Waals surface area contributed by atoms with Crippen molar-refractivity contribution in [1.29, 1.82) is 0 Å². The molecule has 0 bridgehead atoms. The van der Waals surface area contributed by atoms with E-state index in [2.05, 4.69) is 5.10 Å². The molecule has 1 heterocycles. The SMILES string of the molecule is COc1ccc(Cl)cc1Cn1cc([N+](=O)[O-])c(C(=O)O)n1. The molecule has 0 fully saturated rings. The average Bonchev–Trinajstić information content (AvgIpc) is 2.83. The van der Waals surface area contributed by atoms with Crippen LogP contribution in [-0.4, -0.2) is 32.9 Å². The third kappa shape index (κ3) is 3.11. The largest absolute Gasteiger partial charge is 0.496 e. The van der Waals surface area contributed by atoms with Gasteiger partial charge in [0, 0.05) is 10.6 Å². The van der Waals surface area contributed by atoms with E-state index in [4.69, 9.17) is 21.4 Å². The predicted octanol–water partition coefficient (Wildman–Crippen LogP) is 2.20. The van der Waals surface area contributed by atoms with Crippen molar-refractivity contribution in [1.82, 2.24) is 9.78 Å². The lowest BCUT2D eigenvalue weighted by Gasteiger charge is -2.08. The van der Waals surface area contributed by atoms with Crippen molar-refractivity contribution in [3.8, 4) is 5.75 Å². The molecule has 0 saturated carbocycles. The van der Waals surface area contributed by atoms with Crippen molar-refractivity contribution in [2.24, 2.45) is 0 Å². The highest BCUT2D eigenvalue weighted by molar-refractivity contribution is 6.30. The van der Waals surface area contributed by atoms with Crippen LogP contribution in [0.5, 0.6) is 5.75 Å². The molecule has 1 aromatic carbocycles.